The molecule has 0 aromatic heterocycles. The molecule has 1 amide bonds. The number of carbonyl (C=O) groups is 1. The van der Waals surface area contributed by atoms with E-state index >= 15 is 0 Å². The smallest absolute Gasteiger partial charge is 0.252 e. The van der Waals surface area contributed by atoms with Crippen LogP contribution in [0.3, 0.4) is 0 Å². The summed E-state index contributed by atoms with van der Waals surface area (Å²) in [5.41, 5.74) is 9.69. The molecule has 7 heteroatoms. The van der Waals surface area contributed by atoms with Crippen LogP contribution in [0, 0.1) is 11.3 Å². The minimum absolute atomic E-state index is 0.194. The molecule has 1 unspecified atom stereocenters. The third-order valence-electron chi connectivity index (χ3n) is 4.62. The van der Waals surface area contributed by atoms with Crippen LogP contribution in [0.4, 0.5) is 11.4 Å². The molecule has 1 heterocycles. The second kappa shape index (κ2) is 10.6. The molecular formula is C23H26N6O. The minimum atomic E-state index is -0.486. The van der Waals surface area contributed by atoms with Crippen LogP contribution < -0.4 is 27.0 Å². The molecule has 1 atom stereocenters. The van der Waals surface area contributed by atoms with Crippen molar-refractivity contribution in [3.05, 3.63) is 83.7 Å². The molecule has 0 spiro atoms. The lowest BCUT2D eigenvalue weighted by atomic mass is 10.1. The Hall–Kier alpha value is -3.92. The second-order valence-corrected chi connectivity index (χ2v) is 6.90. The number of amides is 1. The van der Waals surface area contributed by atoms with E-state index in [1.54, 1.807) is 6.20 Å². The van der Waals surface area contributed by atoms with E-state index in [0.29, 0.717) is 24.2 Å². The summed E-state index contributed by atoms with van der Waals surface area (Å²) in [5, 5.41) is 21.7. The average molecular weight is 403 g/mol. The lowest BCUT2D eigenvalue weighted by Crippen LogP contribution is -2.38. The number of anilines is 2. The van der Waals surface area contributed by atoms with Crippen molar-refractivity contribution < 1.29 is 4.79 Å². The number of hydrogen-bond donors (Lipinski definition) is 5. The van der Waals surface area contributed by atoms with Gasteiger partial charge in [0, 0.05) is 42.8 Å². The fourth-order valence-electron chi connectivity index (χ4n) is 3.05. The summed E-state index contributed by atoms with van der Waals surface area (Å²) in [7, 11) is 0. The SMILES string of the molecule is N#CCCCNc1ccc(NC2C=C(NCc3ccccc3)C(C(N)=O)=CN2)cc1. The highest BCUT2D eigenvalue weighted by Crippen LogP contribution is 2.18. The molecular weight excluding hydrogens is 376 g/mol. The standard InChI is InChI=1S/C23H26N6O/c24-12-4-5-13-26-18-8-10-19(11-9-18)29-22-14-21(20(16-28-22)23(25)30)27-15-17-6-2-1-3-7-17/h1-3,6-11,14,16,22,26-29H,4-5,13,15H2,(H2,25,30). The third kappa shape index (κ3) is 6.04. The highest BCUT2D eigenvalue weighted by Gasteiger charge is 2.19. The van der Waals surface area contributed by atoms with Crippen molar-refractivity contribution in [1.29, 1.82) is 5.26 Å². The first kappa shape index (κ1) is 20.8. The monoisotopic (exact) mass is 402 g/mol. The van der Waals surface area contributed by atoms with Gasteiger partial charge in [-0.2, -0.15) is 5.26 Å². The summed E-state index contributed by atoms with van der Waals surface area (Å²) in [4.78, 5) is 11.8. The molecule has 30 heavy (non-hydrogen) atoms. The van der Waals surface area contributed by atoms with Gasteiger partial charge in [-0.15, -0.1) is 0 Å². The maximum absolute atomic E-state index is 11.8. The van der Waals surface area contributed by atoms with Crippen molar-refractivity contribution in [2.24, 2.45) is 5.73 Å². The van der Waals surface area contributed by atoms with Crippen molar-refractivity contribution in [2.45, 2.75) is 25.6 Å². The number of nitrogens with one attached hydrogen (secondary N) is 4. The maximum Gasteiger partial charge on any atom is 0.252 e. The van der Waals surface area contributed by atoms with Crippen LogP contribution in [0.25, 0.3) is 0 Å². The van der Waals surface area contributed by atoms with Gasteiger partial charge < -0.3 is 27.0 Å². The number of benzene rings is 2. The Kier molecular flexibility index (Phi) is 7.34. The van der Waals surface area contributed by atoms with E-state index in [0.717, 1.165) is 29.9 Å². The lowest BCUT2D eigenvalue weighted by Gasteiger charge is -2.25. The fraction of sp³-hybridized carbons (Fsp3) is 0.217. The van der Waals surface area contributed by atoms with Gasteiger partial charge in [0.25, 0.3) is 5.91 Å². The molecule has 2 aromatic rings. The molecule has 1 aliphatic rings. The van der Waals surface area contributed by atoms with Crippen LogP contribution in [0.15, 0.2) is 78.1 Å². The lowest BCUT2D eigenvalue weighted by molar-refractivity contribution is -0.114. The van der Waals surface area contributed by atoms with E-state index < -0.39 is 5.91 Å². The highest BCUT2D eigenvalue weighted by molar-refractivity contribution is 5.96. The summed E-state index contributed by atoms with van der Waals surface area (Å²) >= 11 is 0. The molecule has 0 radical (unpaired) electrons. The summed E-state index contributed by atoms with van der Waals surface area (Å²) in [5.74, 6) is -0.486. The Morgan fingerprint density at radius 2 is 1.80 bits per heavy atom. The molecule has 1 aliphatic heterocycles. The summed E-state index contributed by atoms with van der Waals surface area (Å²) in [6.45, 7) is 1.36. The zero-order valence-electron chi connectivity index (χ0n) is 16.7. The van der Waals surface area contributed by atoms with Gasteiger partial charge in [0.2, 0.25) is 0 Å². The predicted octanol–water partition coefficient (Wildman–Crippen LogP) is 2.79. The largest absolute Gasteiger partial charge is 0.385 e. The number of rotatable bonds is 10. The van der Waals surface area contributed by atoms with Gasteiger partial charge in [-0.05, 0) is 42.3 Å². The van der Waals surface area contributed by atoms with E-state index in [1.165, 1.54) is 0 Å². The Morgan fingerprint density at radius 1 is 1.07 bits per heavy atom. The molecule has 3 rings (SSSR count). The van der Waals surface area contributed by atoms with Gasteiger partial charge in [-0.1, -0.05) is 30.3 Å². The van der Waals surface area contributed by atoms with Gasteiger partial charge in [0.1, 0.15) is 6.17 Å². The number of unbranched alkanes of at least 4 members (excludes halogenated alkanes) is 1. The number of primary amides is 1. The van der Waals surface area contributed by atoms with E-state index in [-0.39, 0.29) is 6.17 Å². The molecule has 0 aliphatic carbocycles. The fourth-order valence-corrected chi connectivity index (χ4v) is 3.05. The van der Waals surface area contributed by atoms with Crippen LogP contribution in [-0.2, 0) is 11.3 Å². The summed E-state index contributed by atoms with van der Waals surface area (Å²) < 4.78 is 0. The van der Waals surface area contributed by atoms with Crippen LogP contribution in [0.5, 0.6) is 0 Å². The number of nitriles is 1. The van der Waals surface area contributed by atoms with Crippen molar-refractivity contribution in [2.75, 3.05) is 17.2 Å². The van der Waals surface area contributed by atoms with E-state index in [2.05, 4.69) is 27.3 Å². The summed E-state index contributed by atoms with van der Waals surface area (Å²) in [6, 6.07) is 20.0. The maximum atomic E-state index is 11.8. The Bertz CT molecular complexity index is 944. The molecule has 6 N–H and O–H groups in total. The van der Waals surface area contributed by atoms with Gasteiger partial charge in [-0.25, -0.2) is 0 Å². The first-order chi connectivity index (χ1) is 14.7. The zero-order chi connectivity index (χ0) is 21.2. The second-order valence-electron chi connectivity index (χ2n) is 6.90. The van der Waals surface area contributed by atoms with Gasteiger partial charge in [-0.3, -0.25) is 4.79 Å². The molecule has 7 nitrogen and oxygen atoms in total. The van der Waals surface area contributed by atoms with Crippen molar-refractivity contribution in [1.82, 2.24) is 10.6 Å². The van der Waals surface area contributed by atoms with Crippen molar-refractivity contribution in [3.8, 4) is 6.07 Å². The molecule has 0 fully saturated rings. The number of dihydropyridines is 1. The number of nitrogens with two attached hydrogens (primary N) is 1. The number of nitrogens with zero attached hydrogens (tertiary/aromatic N) is 1. The highest BCUT2D eigenvalue weighted by atomic mass is 16.1. The topological polar surface area (TPSA) is 115 Å². The molecule has 2 aromatic carbocycles. The Balaban J connectivity index is 1.60. The third-order valence-corrected chi connectivity index (χ3v) is 4.62. The molecule has 0 saturated heterocycles. The summed E-state index contributed by atoms with van der Waals surface area (Å²) in [6.07, 6.45) is 4.73. The zero-order valence-corrected chi connectivity index (χ0v) is 16.7. The molecule has 0 saturated carbocycles. The Morgan fingerprint density at radius 3 is 2.50 bits per heavy atom. The van der Waals surface area contributed by atoms with Gasteiger partial charge >= 0.3 is 0 Å². The van der Waals surface area contributed by atoms with Gasteiger partial charge in [0.05, 0.1) is 11.6 Å². The average Bonchev–Trinajstić information content (AvgIpc) is 2.77. The van der Waals surface area contributed by atoms with Crippen molar-refractivity contribution in [3.63, 3.8) is 0 Å². The first-order valence-corrected chi connectivity index (χ1v) is 9.89. The number of hydrogen-bond acceptors (Lipinski definition) is 6. The minimum Gasteiger partial charge on any atom is -0.385 e. The number of carbonyl (C=O) groups excluding carboxylic acids is 1. The first-order valence-electron chi connectivity index (χ1n) is 9.89. The molecule has 0 bridgehead atoms. The van der Waals surface area contributed by atoms with Gasteiger partial charge in [0.15, 0.2) is 0 Å². The van der Waals surface area contributed by atoms with E-state index in [4.69, 9.17) is 11.0 Å². The molecule has 154 valence electrons. The van der Waals surface area contributed by atoms with E-state index in [1.807, 2.05) is 60.7 Å². The normalized spacial score (nSPS) is 15.1. The Labute approximate surface area is 176 Å². The van der Waals surface area contributed by atoms with E-state index in [9.17, 15) is 4.79 Å². The predicted molar refractivity (Wildman–Crippen MR) is 119 cm³/mol. The quantitative estimate of drug-likeness (QED) is 0.390. The van der Waals surface area contributed by atoms with Crippen LogP contribution in [-0.4, -0.2) is 18.6 Å². The van der Waals surface area contributed by atoms with Crippen molar-refractivity contribution >= 4 is 17.3 Å². The van der Waals surface area contributed by atoms with Crippen LogP contribution >= 0.6 is 0 Å². The van der Waals surface area contributed by atoms with Crippen LogP contribution in [0.2, 0.25) is 0 Å². The van der Waals surface area contributed by atoms with Crippen LogP contribution in [0.1, 0.15) is 18.4 Å².